The van der Waals surface area contributed by atoms with Gasteiger partial charge in [-0.25, -0.2) is 0 Å². The average Bonchev–Trinajstić information content (AvgIpc) is 2.63. The molecule has 0 saturated heterocycles. The summed E-state index contributed by atoms with van der Waals surface area (Å²) in [5, 5.41) is 9.48. The molecule has 1 unspecified atom stereocenters. The highest BCUT2D eigenvalue weighted by Gasteiger charge is 2.23. The quantitative estimate of drug-likeness (QED) is 0.339. The Labute approximate surface area is 157 Å². The topological polar surface area (TPSA) is 38.7 Å². The molecule has 136 valence electrons. The molecule has 0 aliphatic heterocycles. The minimum Gasteiger partial charge on any atom is -0.508 e. The average molecular weight is 368 g/mol. The summed E-state index contributed by atoms with van der Waals surface area (Å²) in [6.07, 6.45) is 7.24. The lowest BCUT2D eigenvalue weighted by atomic mass is 9.78. The van der Waals surface area contributed by atoms with Crippen molar-refractivity contribution in [2.45, 2.75) is 26.2 Å². The van der Waals surface area contributed by atoms with Gasteiger partial charge in [0.05, 0.1) is 0 Å². The number of allylic oxidation sites excluding steroid dienone is 4. The van der Waals surface area contributed by atoms with E-state index in [-0.39, 0.29) is 20.2 Å². The van der Waals surface area contributed by atoms with Crippen molar-refractivity contribution in [2.75, 3.05) is 0 Å². The maximum Gasteiger partial charge on any atom is 0.275 e. The van der Waals surface area contributed by atoms with Crippen LogP contribution in [-0.2, 0) is 9.94 Å². The molecule has 26 heavy (non-hydrogen) atoms. The van der Waals surface area contributed by atoms with Crippen LogP contribution in [-0.4, -0.2) is 5.11 Å². The number of phenolic OH excluding ortho intramolecular Hbond substituents is 1. The third-order valence-electron chi connectivity index (χ3n) is 4.10. The van der Waals surface area contributed by atoms with Crippen molar-refractivity contribution >= 4 is 9.03 Å². The lowest BCUT2D eigenvalue weighted by molar-refractivity contribution is 0.441. The van der Waals surface area contributed by atoms with E-state index in [2.05, 4.69) is 32.6 Å². The van der Waals surface area contributed by atoms with Gasteiger partial charge in [-0.1, -0.05) is 56.8 Å². The Hall–Kier alpha value is -2.51. The Morgan fingerprint density at radius 3 is 2.15 bits per heavy atom. The van der Waals surface area contributed by atoms with Crippen molar-refractivity contribution in [1.82, 2.24) is 0 Å². The summed E-state index contributed by atoms with van der Waals surface area (Å²) in [5.74, 6) is 1.75. The van der Waals surface area contributed by atoms with Crippen LogP contribution in [0.3, 0.4) is 0 Å². The van der Waals surface area contributed by atoms with Crippen LogP contribution in [0.5, 0.6) is 11.5 Å². The van der Waals surface area contributed by atoms with Crippen molar-refractivity contribution in [3.8, 4) is 11.5 Å². The molecule has 0 spiro atoms. The third-order valence-corrected chi connectivity index (χ3v) is 4.74. The minimum atomic E-state index is -0.170. The lowest BCUT2D eigenvalue weighted by Gasteiger charge is -2.26. The number of hydrogen-bond donors (Lipinski definition) is 1. The molecular weight excluding hydrogens is 343 g/mol. The monoisotopic (exact) mass is 368 g/mol. The largest absolute Gasteiger partial charge is 0.508 e. The van der Waals surface area contributed by atoms with Gasteiger partial charge in [0.15, 0.2) is 0 Å². The standard InChI is InChI=1S/C22H25O3P/c1-5-7-20(8-6-2)24-26-25-21-15-11-18(12-16-21)22(3,4)17-9-13-19(23)14-10-17/h5-16,23,26H,1H2,2-4H3/b8-6-,20-7+. The molecule has 0 bridgehead atoms. The number of rotatable bonds is 8. The van der Waals surface area contributed by atoms with Gasteiger partial charge in [0, 0.05) is 5.41 Å². The van der Waals surface area contributed by atoms with E-state index >= 15 is 0 Å². The summed E-state index contributed by atoms with van der Waals surface area (Å²) in [6.45, 7) is 9.91. The zero-order chi connectivity index (χ0) is 19.0. The molecule has 0 radical (unpaired) electrons. The fourth-order valence-electron chi connectivity index (χ4n) is 2.51. The van der Waals surface area contributed by atoms with Crippen LogP contribution in [0.15, 0.2) is 85.2 Å². The zero-order valence-corrected chi connectivity index (χ0v) is 16.4. The molecule has 0 aliphatic rings. The van der Waals surface area contributed by atoms with E-state index in [1.165, 1.54) is 5.56 Å². The predicted octanol–water partition coefficient (Wildman–Crippen LogP) is 6.27. The Bertz CT molecular complexity index is 772. The van der Waals surface area contributed by atoms with Gasteiger partial charge in [-0.3, -0.25) is 0 Å². The van der Waals surface area contributed by atoms with Crippen molar-refractivity contribution in [1.29, 1.82) is 0 Å². The molecule has 4 heteroatoms. The smallest absolute Gasteiger partial charge is 0.275 e. The molecule has 0 aliphatic carbocycles. The molecule has 1 N–H and O–H groups in total. The normalized spacial score (nSPS) is 12.7. The summed E-state index contributed by atoms with van der Waals surface area (Å²) in [5.41, 5.74) is 2.14. The second-order valence-corrected chi connectivity index (χ2v) is 6.86. The van der Waals surface area contributed by atoms with E-state index in [4.69, 9.17) is 9.05 Å². The summed E-state index contributed by atoms with van der Waals surface area (Å²) in [7, 11) is -0.131. The predicted molar refractivity (Wildman–Crippen MR) is 110 cm³/mol. The van der Waals surface area contributed by atoms with Crippen molar-refractivity contribution in [2.24, 2.45) is 0 Å². The Balaban J connectivity index is 2.02. The van der Waals surface area contributed by atoms with Gasteiger partial charge in [-0.05, 0) is 54.5 Å². The summed E-state index contributed by atoms with van der Waals surface area (Å²) < 4.78 is 11.3. The van der Waals surface area contributed by atoms with Crippen LogP contribution in [0.25, 0.3) is 0 Å². The highest BCUT2D eigenvalue weighted by molar-refractivity contribution is 7.26. The Morgan fingerprint density at radius 2 is 1.62 bits per heavy atom. The molecule has 3 nitrogen and oxygen atoms in total. The van der Waals surface area contributed by atoms with E-state index in [9.17, 15) is 5.11 Å². The summed E-state index contributed by atoms with van der Waals surface area (Å²) in [6, 6.07) is 15.3. The SMILES string of the molecule is C=C/C=C(\C=C/C)OPOc1ccc(C(C)(C)c2ccc(O)cc2)cc1. The van der Waals surface area contributed by atoms with E-state index in [1.807, 2.05) is 43.3 Å². The van der Waals surface area contributed by atoms with Crippen molar-refractivity contribution in [3.05, 3.63) is 96.3 Å². The molecule has 1 atom stereocenters. The van der Waals surface area contributed by atoms with Crippen LogP contribution in [0.4, 0.5) is 0 Å². The van der Waals surface area contributed by atoms with Crippen LogP contribution < -0.4 is 4.52 Å². The number of phenols is 1. The lowest BCUT2D eigenvalue weighted by Crippen LogP contribution is -2.18. The van der Waals surface area contributed by atoms with E-state index in [0.29, 0.717) is 5.76 Å². The first-order chi connectivity index (χ1) is 12.5. The van der Waals surface area contributed by atoms with Gasteiger partial charge in [-0.2, -0.15) is 0 Å². The number of benzene rings is 2. The van der Waals surface area contributed by atoms with Gasteiger partial charge < -0.3 is 14.2 Å². The Kier molecular flexibility index (Phi) is 7.06. The molecule has 0 heterocycles. The molecule has 2 aromatic carbocycles. The first-order valence-corrected chi connectivity index (χ1v) is 9.23. The second kappa shape index (κ2) is 9.26. The van der Waals surface area contributed by atoms with Gasteiger partial charge >= 0.3 is 0 Å². The first kappa shape index (κ1) is 19.8. The van der Waals surface area contributed by atoms with E-state index < -0.39 is 0 Å². The van der Waals surface area contributed by atoms with Crippen LogP contribution in [0.2, 0.25) is 0 Å². The highest BCUT2D eigenvalue weighted by Crippen LogP contribution is 2.34. The zero-order valence-electron chi connectivity index (χ0n) is 15.4. The van der Waals surface area contributed by atoms with Gasteiger partial charge in [0.25, 0.3) is 9.03 Å². The molecule has 2 rings (SSSR count). The maximum absolute atomic E-state index is 9.48. The van der Waals surface area contributed by atoms with Crippen molar-refractivity contribution < 1.29 is 14.2 Å². The fourth-order valence-corrected chi connectivity index (χ4v) is 3.01. The number of hydrogen-bond acceptors (Lipinski definition) is 3. The van der Waals surface area contributed by atoms with E-state index in [1.54, 1.807) is 24.3 Å². The van der Waals surface area contributed by atoms with Gasteiger partial charge in [-0.15, -0.1) is 0 Å². The Morgan fingerprint density at radius 1 is 1.04 bits per heavy atom. The minimum absolute atomic E-state index is 0.131. The molecule has 0 saturated carbocycles. The number of aromatic hydroxyl groups is 1. The second-order valence-electron chi connectivity index (χ2n) is 6.29. The molecule has 2 aromatic rings. The molecule has 0 amide bonds. The van der Waals surface area contributed by atoms with Gasteiger partial charge in [0.1, 0.15) is 17.3 Å². The molecular formula is C22H25O3P. The van der Waals surface area contributed by atoms with Crippen LogP contribution >= 0.6 is 9.03 Å². The maximum atomic E-state index is 9.48. The van der Waals surface area contributed by atoms with Crippen LogP contribution in [0.1, 0.15) is 31.9 Å². The van der Waals surface area contributed by atoms with Crippen LogP contribution in [0, 0.1) is 0 Å². The fraction of sp³-hybridized carbons (Fsp3) is 0.182. The molecule has 0 fully saturated rings. The first-order valence-electron chi connectivity index (χ1n) is 8.41. The van der Waals surface area contributed by atoms with Crippen molar-refractivity contribution in [3.63, 3.8) is 0 Å². The highest BCUT2D eigenvalue weighted by atomic mass is 31.1. The molecule has 0 aromatic heterocycles. The third kappa shape index (κ3) is 5.24. The summed E-state index contributed by atoms with van der Waals surface area (Å²) in [4.78, 5) is 0. The van der Waals surface area contributed by atoms with E-state index in [0.717, 1.165) is 11.3 Å². The van der Waals surface area contributed by atoms with Gasteiger partial charge in [0.2, 0.25) is 0 Å². The summed E-state index contributed by atoms with van der Waals surface area (Å²) >= 11 is 0.